The zero-order chi connectivity index (χ0) is 14.8. The van der Waals surface area contributed by atoms with Crippen molar-refractivity contribution in [2.45, 2.75) is 6.54 Å². The highest BCUT2D eigenvalue weighted by molar-refractivity contribution is 5.65. The number of anilines is 2. The number of nitrogens with one attached hydrogen (secondary N) is 2. The fourth-order valence-electron chi connectivity index (χ4n) is 1.96. The van der Waals surface area contributed by atoms with Crippen molar-refractivity contribution in [1.29, 1.82) is 0 Å². The van der Waals surface area contributed by atoms with Gasteiger partial charge in [-0.1, -0.05) is 6.07 Å². The van der Waals surface area contributed by atoms with Crippen LogP contribution in [0.25, 0.3) is 5.65 Å². The van der Waals surface area contributed by atoms with Crippen molar-refractivity contribution in [3.63, 3.8) is 0 Å². The van der Waals surface area contributed by atoms with Crippen LogP contribution in [-0.4, -0.2) is 14.4 Å². The van der Waals surface area contributed by atoms with Gasteiger partial charge in [0.15, 0.2) is 17.3 Å². The van der Waals surface area contributed by atoms with Crippen LogP contribution in [0.2, 0.25) is 0 Å². The van der Waals surface area contributed by atoms with Gasteiger partial charge in [-0.05, 0) is 6.07 Å². The molecule has 8 heteroatoms. The lowest BCUT2D eigenvalue weighted by molar-refractivity contribution is 0.574. The Balaban J connectivity index is 1.89. The first-order chi connectivity index (χ1) is 10.2. The molecule has 0 bridgehead atoms. The summed E-state index contributed by atoms with van der Waals surface area (Å²) in [5.41, 5.74) is 3.35. The number of nitrogens with zero attached hydrogens (tertiary/aromatic N) is 3. The molecular formula is C13H12F2N6. The van der Waals surface area contributed by atoms with Gasteiger partial charge in [-0.3, -0.25) is 0 Å². The number of aromatic nitrogens is 3. The van der Waals surface area contributed by atoms with Crippen molar-refractivity contribution in [2.75, 3.05) is 10.7 Å². The first-order valence-electron chi connectivity index (χ1n) is 6.15. The van der Waals surface area contributed by atoms with Crippen LogP contribution in [0.15, 0.2) is 36.8 Å². The minimum atomic E-state index is -0.616. The Hall–Kier alpha value is -2.74. The molecule has 0 aliphatic heterocycles. The molecule has 21 heavy (non-hydrogen) atoms. The van der Waals surface area contributed by atoms with Crippen LogP contribution in [0, 0.1) is 11.6 Å². The Bertz CT molecular complexity index is 785. The van der Waals surface area contributed by atoms with Crippen LogP contribution in [0.3, 0.4) is 0 Å². The summed E-state index contributed by atoms with van der Waals surface area (Å²) >= 11 is 0. The molecule has 108 valence electrons. The van der Waals surface area contributed by atoms with E-state index in [-0.39, 0.29) is 6.54 Å². The summed E-state index contributed by atoms with van der Waals surface area (Å²) in [5.74, 6) is 5.00. The highest BCUT2D eigenvalue weighted by Crippen LogP contribution is 2.17. The topological polar surface area (TPSA) is 80.3 Å². The van der Waals surface area contributed by atoms with Gasteiger partial charge in [0.2, 0.25) is 0 Å². The van der Waals surface area contributed by atoms with Gasteiger partial charge >= 0.3 is 0 Å². The molecule has 0 amide bonds. The molecule has 2 aromatic heterocycles. The molecule has 6 nitrogen and oxygen atoms in total. The van der Waals surface area contributed by atoms with Gasteiger partial charge in [-0.2, -0.15) is 0 Å². The first kappa shape index (κ1) is 13.3. The SMILES string of the molecule is NNc1cn2ccnc2c(NCc2ccc(F)cc2F)n1. The fourth-order valence-corrected chi connectivity index (χ4v) is 1.96. The highest BCUT2D eigenvalue weighted by Gasteiger charge is 2.09. The zero-order valence-electron chi connectivity index (χ0n) is 10.8. The van der Waals surface area contributed by atoms with E-state index in [4.69, 9.17) is 5.84 Å². The Labute approximate surface area is 118 Å². The lowest BCUT2D eigenvalue weighted by Gasteiger charge is -2.10. The van der Waals surface area contributed by atoms with Gasteiger partial charge in [0.25, 0.3) is 0 Å². The van der Waals surface area contributed by atoms with Crippen LogP contribution in [-0.2, 0) is 6.54 Å². The maximum Gasteiger partial charge on any atom is 0.180 e. The Morgan fingerprint density at radius 3 is 2.90 bits per heavy atom. The number of hydrogen-bond acceptors (Lipinski definition) is 5. The third-order valence-electron chi connectivity index (χ3n) is 2.98. The lowest BCUT2D eigenvalue weighted by Crippen LogP contribution is -2.12. The highest BCUT2D eigenvalue weighted by atomic mass is 19.1. The molecule has 4 N–H and O–H groups in total. The maximum atomic E-state index is 13.6. The molecule has 1 aromatic carbocycles. The molecule has 0 saturated carbocycles. The van der Waals surface area contributed by atoms with E-state index in [9.17, 15) is 8.78 Å². The van der Waals surface area contributed by atoms with Crippen molar-refractivity contribution < 1.29 is 8.78 Å². The number of imidazole rings is 1. The van der Waals surface area contributed by atoms with E-state index in [1.54, 1.807) is 23.0 Å². The summed E-state index contributed by atoms with van der Waals surface area (Å²) in [4.78, 5) is 8.39. The van der Waals surface area contributed by atoms with Crippen molar-refractivity contribution in [3.05, 3.63) is 54.0 Å². The van der Waals surface area contributed by atoms with Crippen LogP contribution >= 0.6 is 0 Å². The molecule has 0 atom stereocenters. The van der Waals surface area contributed by atoms with Crippen molar-refractivity contribution in [3.8, 4) is 0 Å². The number of nitrogen functional groups attached to an aromatic ring is 1. The molecule has 0 saturated heterocycles. The van der Waals surface area contributed by atoms with E-state index < -0.39 is 11.6 Å². The number of rotatable bonds is 4. The van der Waals surface area contributed by atoms with Crippen LogP contribution in [0.5, 0.6) is 0 Å². The molecule has 2 heterocycles. The normalized spacial score (nSPS) is 10.8. The van der Waals surface area contributed by atoms with Gasteiger partial charge in [-0.25, -0.2) is 24.6 Å². The average molecular weight is 290 g/mol. The van der Waals surface area contributed by atoms with Gasteiger partial charge in [-0.15, -0.1) is 0 Å². The first-order valence-corrected chi connectivity index (χ1v) is 6.15. The molecule has 0 spiro atoms. The number of halogens is 2. The molecule has 0 radical (unpaired) electrons. The summed E-state index contributed by atoms with van der Waals surface area (Å²) < 4.78 is 28.2. The third kappa shape index (κ3) is 2.61. The fraction of sp³-hybridized carbons (Fsp3) is 0.0769. The number of hydrogen-bond donors (Lipinski definition) is 3. The van der Waals surface area contributed by atoms with Gasteiger partial charge in [0.05, 0.1) is 6.20 Å². The Morgan fingerprint density at radius 1 is 1.29 bits per heavy atom. The van der Waals surface area contributed by atoms with Crippen LogP contribution in [0.1, 0.15) is 5.56 Å². The van der Waals surface area contributed by atoms with Gasteiger partial charge in [0.1, 0.15) is 11.6 Å². The van der Waals surface area contributed by atoms with E-state index >= 15 is 0 Å². The van der Waals surface area contributed by atoms with Crippen molar-refractivity contribution in [1.82, 2.24) is 14.4 Å². The van der Waals surface area contributed by atoms with E-state index in [1.807, 2.05) is 0 Å². The molecule has 0 aliphatic rings. The summed E-state index contributed by atoms with van der Waals surface area (Å²) in [5, 5.41) is 2.97. The summed E-state index contributed by atoms with van der Waals surface area (Å²) in [7, 11) is 0. The molecule has 0 aliphatic carbocycles. The minimum Gasteiger partial charge on any atom is -0.363 e. The number of hydrazine groups is 1. The molecular weight excluding hydrogens is 278 g/mol. The van der Waals surface area contributed by atoms with Crippen LogP contribution < -0.4 is 16.6 Å². The molecule has 0 unspecified atom stereocenters. The molecule has 0 fully saturated rings. The van der Waals surface area contributed by atoms with Crippen LogP contribution in [0.4, 0.5) is 20.4 Å². The van der Waals surface area contributed by atoms with Crippen molar-refractivity contribution >= 4 is 17.3 Å². The second-order valence-corrected chi connectivity index (χ2v) is 4.37. The van der Waals surface area contributed by atoms with Crippen molar-refractivity contribution in [2.24, 2.45) is 5.84 Å². The standard InChI is InChI=1S/C13H12F2N6/c14-9-2-1-8(10(15)5-9)6-18-12-13-17-3-4-21(13)7-11(19-12)20-16/h1-5,7,20H,6,16H2,(H,18,19). The second kappa shape index (κ2) is 5.33. The second-order valence-electron chi connectivity index (χ2n) is 4.37. The predicted octanol–water partition coefficient (Wildman–Crippen LogP) is 1.91. The minimum absolute atomic E-state index is 0.148. The van der Waals surface area contributed by atoms with E-state index in [1.165, 1.54) is 12.1 Å². The van der Waals surface area contributed by atoms with E-state index in [2.05, 4.69) is 20.7 Å². The lowest BCUT2D eigenvalue weighted by atomic mass is 10.2. The largest absolute Gasteiger partial charge is 0.363 e. The third-order valence-corrected chi connectivity index (χ3v) is 2.98. The predicted molar refractivity (Wildman–Crippen MR) is 74.5 cm³/mol. The van der Waals surface area contributed by atoms with E-state index in [0.29, 0.717) is 22.8 Å². The Kier molecular flexibility index (Phi) is 3.36. The molecule has 3 rings (SSSR count). The van der Waals surface area contributed by atoms with Gasteiger partial charge in [0, 0.05) is 30.6 Å². The number of fused-ring (bicyclic) bond motifs is 1. The zero-order valence-corrected chi connectivity index (χ0v) is 10.8. The molecule has 3 aromatic rings. The summed E-state index contributed by atoms with van der Waals surface area (Å²) in [6.45, 7) is 0.148. The summed E-state index contributed by atoms with van der Waals surface area (Å²) in [6, 6.07) is 3.43. The Morgan fingerprint density at radius 2 is 2.14 bits per heavy atom. The van der Waals surface area contributed by atoms with E-state index in [0.717, 1.165) is 6.07 Å². The monoisotopic (exact) mass is 290 g/mol. The maximum absolute atomic E-state index is 13.6. The quantitative estimate of drug-likeness (QED) is 0.505. The summed E-state index contributed by atoms with van der Waals surface area (Å²) in [6.07, 6.45) is 5.02. The van der Waals surface area contributed by atoms with Gasteiger partial charge < -0.3 is 15.1 Å². The average Bonchev–Trinajstić information content (AvgIpc) is 2.94. The smallest absolute Gasteiger partial charge is 0.180 e. The number of benzene rings is 1. The number of nitrogens with two attached hydrogens (primary N) is 1.